The average Bonchev–Trinajstić information content (AvgIpc) is 2.67. The second-order valence-corrected chi connectivity index (χ2v) is 4.41. The van der Waals surface area contributed by atoms with Gasteiger partial charge in [0, 0.05) is 13.5 Å². The van der Waals surface area contributed by atoms with Crippen LogP contribution in [0, 0.1) is 6.92 Å². The molecule has 1 N–H and O–H groups in total. The van der Waals surface area contributed by atoms with Crippen LogP contribution in [0.15, 0.2) is 0 Å². The lowest BCUT2D eigenvalue weighted by molar-refractivity contribution is -0.144. The summed E-state index contributed by atoms with van der Waals surface area (Å²) in [4.78, 5) is 11.4. The van der Waals surface area contributed by atoms with Gasteiger partial charge in [0.1, 0.15) is 0 Å². The van der Waals surface area contributed by atoms with E-state index in [0.29, 0.717) is 30.2 Å². The van der Waals surface area contributed by atoms with Gasteiger partial charge in [-0.15, -0.1) is 0 Å². The number of carbonyl (C=O) groups is 1. The minimum absolute atomic E-state index is 0.179. The minimum Gasteiger partial charge on any atom is -0.481 e. The molecule has 0 saturated carbocycles. The summed E-state index contributed by atoms with van der Waals surface area (Å²) < 4.78 is 11.8. The molecule has 1 aromatic rings. The molecule has 6 heteroatoms. The van der Waals surface area contributed by atoms with E-state index in [2.05, 4.69) is 5.10 Å². The standard InChI is InChI=1S/C13H22N2O4/c1-5-8-19-11(17)7-6-10(16)12-9(2)14-15(3)13(12)18-4/h10,16H,5-8H2,1-4H3. The first kappa shape index (κ1) is 15.5. The van der Waals surface area contributed by atoms with E-state index >= 15 is 0 Å². The number of rotatable bonds is 7. The van der Waals surface area contributed by atoms with Crippen LogP contribution >= 0.6 is 0 Å². The maximum atomic E-state index is 11.4. The van der Waals surface area contributed by atoms with Crippen molar-refractivity contribution >= 4 is 5.97 Å². The molecule has 0 bridgehead atoms. The molecule has 0 fully saturated rings. The number of hydrogen-bond acceptors (Lipinski definition) is 5. The monoisotopic (exact) mass is 270 g/mol. The Hall–Kier alpha value is -1.56. The molecule has 0 spiro atoms. The third-order valence-corrected chi connectivity index (χ3v) is 2.83. The van der Waals surface area contributed by atoms with E-state index in [4.69, 9.17) is 9.47 Å². The molecule has 1 heterocycles. The lowest BCUT2D eigenvalue weighted by Crippen LogP contribution is -2.09. The third-order valence-electron chi connectivity index (χ3n) is 2.83. The number of aromatic nitrogens is 2. The molecule has 0 radical (unpaired) electrons. The number of aryl methyl sites for hydroxylation is 2. The summed E-state index contributed by atoms with van der Waals surface area (Å²) in [6.45, 7) is 4.16. The highest BCUT2D eigenvalue weighted by molar-refractivity contribution is 5.69. The highest BCUT2D eigenvalue weighted by Gasteiger charge is 2.22. The second-order valence-electron chi connectivity index (χ2n) is 4.41. The van der Waals surface area contributed by atoms with Crippen molar-refractivity contribution in [3.8, 4) is 5.88 Å². The normalized spacial score (nSPS) is 12.3. The van der Waals surface area contributed by atoms with Gasteiger partial charge >= 0.3 is 5.97 Å². The predicted molar refractivity (Wildman–Crippen MR) is 69.9 cm³/mol. The molecular weight excluding hydrogens is 248 g/mol. The molecule has 1 unspecified atom stereocenters. The molecule has 1 atom stereocenters. The molecule has 19 heavy (non-hydrogen) atoms. The first-order valence-corrected chi connectivity index (χ1v) is 6.42. The molecule has 0 aliphatic rings. The number of nitrogens with zero attached hydrogens (tertiary/aromatic N) is 2. The summed E-state index contributed by atoms with van der Waals surface area (Å²) in [5.74, 6) is 0.230. The van der Waals surface area contributed by atoms with Gasteiger partial charge in [0.15, 0.2) is 0 Å². The topological polar surface area (TPSA) is 73.6 Å². The summed E-state index contributed by atoms with van der Waals surface area (Å²) >= 11 is 0. The molecule has 0 saturated heterocycles. The number of hydrogen-bond donors (Lipinski definition) is 1. The van der Waals surface area contributed by atoms with Gasteiger partial charge in [-0.2, -0.15) is 5.10 Å². The fraction of sp³-hybridized carbons (Fsp3) is 0.692. The molecule has 6 nitrogen and oxygen atoms in total. The van der Waals surface area contributed by atoms with Crippen LogP contribution < -0.4 is 4.74 Å². The molecule has 0 aliphatic heterocycles. The zero-order valence-corrected chi connectivity index (χ0v) is 12.0. The lowest BCUT2D eigenvalue weighted by Gasteiger charge is -2.12. The van der Waals surface area contributed by atoms with E-state index in [-0.39, 0.29) is 12.4 Å². The molecule has 1 rings (SSSR count). The van der Waals surface area contributed by atoms with E-state index in [1.165, 1.54) is 7.11 Å². The van der Waals surface area contributed by atoms with Crippen molar-refractivity contribution in [3.63, 3.8) is 0 Å². The summed E-state index contributed by atoms with van der Waals surface area (Å²) in [7, 11) is 3.28. The van der Waals surface area contributed by atoms with Crippen LogP contribution in [0.1, 0.15) is 43.5 Å². The van der Waals surface area contributed by atoms with Crippen LogP contribution in [0.3, 0.4) is 0 Å². The average molecular weight is 270 g/mol. The third kappa shape index (κ3) is 3.96. The van der Waals surface area contributed by atoms with E-state index in [1.54, 1.807) is 18.7 Å². The molecule has 1 aromatic heterocycles. The van der Waals surface area contributed by atoms with Gasteiger partial charge in [-0.05, 0) is 19.8 Å². The quantitative estimate of drug-likeness (QED) is 0.760. The lowest BCUT2D eigenvalue weighted by atomic mass is 10.1. The Kier molecular flexibility index (Phi) is 5.82. The maximum absolute atomic E-state index is 11.4. The van der Waals surface area contributed by atoms with Gasteiger partial charge < -0.3 is 14.6 Å². The van der Waals surface area contributed by atoms with Crippen LogP contribution in [-0.4, -0.2) is 34.6 Å². The Balaban J connectivity index is 2.63. The van der Waals surface area contributed by atoms with Crippen molar-refractivity contribution < 1.29 is 19.4 Å². The summed E-state index contributed by atoms with van der Waals surface area (Å²) in [6.07, 6.45) is 0.492. The van der Waals surface area contributed by atoms with Gasteiger partial charge in [0.05, 0.1) is 31.1 Å². The van der Waals surface area contributed by atoms with Crippen LogP contribution in [0.4, 0.5) is 0 Å². The maximum Gasteiger partial charge on any atom is 0.305 e. The van der Waals surface area contributed by atoms with Crippen molar-refractivity contribution in [2.45, 2.75) is 39.2 Å². The van der Waals surface area contributed by atoms with Crippen molar-refractivity contribution in [1.29, 1.82) is 0 Å². The van der Waals surface area contributed by atoms with Crippen molar-refractivity contribution in [1.82, 2.24) is 9.78 Å². The fourth-order valence-corrected chi connectivity index (χ4v) is 1.97. The van der Waals surface area contributed by atoms with Crippen molar-refractivity contribution in [3.05, 3.63) is 11.3 Å². The van der Waals surface area contributed by atoms with Gasteiger partial charge in [-0.25, -0.2) is 4.68 Å². The molecule has 0 aromatic carbocycles. The number of aliphatic hydroxyl groups is 1. The second kappa shape index (κ2) is 7.13. The molecule has 108 valence electrons. The number of methoxy groups -OCH3 is 1. The Morgan fingerprint density at radius 3 is 2.79 bits per heavy atom. The highest BCUT2D eigenvalue weighted by Crippen LogP contribution is 2.30. The van der Waals surface area contributed by atoms with Crippen LogP contribution in [-0.2, 0) is 16.6 Å². The van der Waals surface area contributed by atoms with E-state index in [9.17, 15) is 9.90 Å². The number of aliphatic hydroxyl groups excluding tert-OH is 1. The first-order valence-electron chi connectivity index (χ1n) is 6.42. The Morgan fingerprint density at radius 2 is 2.21 bits per heavy atom. The Morgan fingerprint density at radius 1 is 1.53 bits per heavy atom. The number of ether oxygens (including phenoxy) is 2. The van der Waals surface area contributed by atoms with Gasteiger partial charge in [0.2, 0.25) is 5.88 Å². The van der Waals surface area contributed by atoms with Crippen molar-refractivity contribution in [2.75, 3.05) is 13.7 Å². The first-order chi connectivity index (χ1) is 9.01. The van der Waals surface area contributed by atoms with Crippen LogP contribution in [0.5, 0.6) is 5.88 Å². The Labute approximate surface area is 113 Å². The smallest absolute Gasteiger partial charge is 0.305 e. The predicted octanol–water partition coefficient (Wildman–Crippen LogP) is 1.50. The van der Waals surface area contributed by atoms with E-state index < -0.39 is 6.10 Å². The van der Waals surface area contributed by atoms with Gasteiger partial charge in [0.25, 0.3) is 0 Å². The highest BCUT2D eigenvalue weighted by atomic mass is 16.5. The van der Waals surface area contributed by atoms with Crippen LogP contribution in [0.2, 0.25) is 0 Å². The number of esters is 1. The van der Waals surface area contributed by atoms with E-state index in [1.807, 2.05) is 6.92 Å². The molecule has 0 amide bonds. The fourth-order valence-electron chi connectivity index (χ4n) is 1.97. The zero-order chi connectivity index (χ0) is 14.4. The van der Waals surface area contributed by atoms with Gasteiger partial charge in [-0.1, -0.05) is 6.92 Å². The van der Waals surface area contributed by atoms with Crippen molar-refractivity contribution in [2.24, 2.45) is 7.05 Å². The Bertz CT molecular complexity index is 429. The summed E-state index contributed by atoms with van der Waals surface area (Å²) in [6, 6.07) is 0. The van der Waals surface area contributed by atoms with Gasteiger partial charge in [-0.3, -0.25) is 4.79 Å². The number of carbonyl (C=O) groups excluding carboxylic acids is 1. The summed E-state index contributed by atoms with van der Waals surface area (Å²) in [5.41, 5.74) is 1.34. The molecule has 0 aliphatic carbocycles. The van der Waals surface area contributed by atoms with E-state index in [0.717, 1.165) is 6.42 Å². The zero-order valence-electron chi connectivity index (χ0n) is 12.0. The molecular formula is C13H22N2O4. The minimum atomic E-state index is -0.780. The van der Waals surface area contributed by atoms with Crippen LogP contribution in [0.25, 0.3) is 0 Å². The SMILES string of the molecule is CCCOC(=O)CCC(O)c1c(C)nn(C)c1OC. The summed E-state index contributed by atoms with van der Waals surface area (Å²) in [5, 5.41) is 14.4. The largest absolute Gasteiger partial charge is 0.481 e.